The van der Waals surface area contributed by atoms with Crippen molar-refractivity contribution >= 4 is 37.8 Å². The van der Waals surface area contributed by atoms with Crippen LogP contribution in [0.15, 0.2) is 0 Å². The Labute approximate surface area is 126 Å². The molecular formula is C13H22Br2O3. The molecule has 1 fully saturated rings. The van der Waals surface area contributed by atoms with E-state index in [1.54, 1.807) is 0 Å². The molecule has 0 radical (unpaired) electrons. The zero-order valence-corrected chi connectivity index (χ0v) is 14.1. The van der Waals surface area contributed by atoms with Gasteiger partial charge >= 0.3 is 5.97 Å². The second kappa shape index (κ2) is 7.85. The molecule has 1 saturated carbocycles. The fourth-order valence-corrected chi connectivity index (χ4v) is 3.71. The molecule has 0 spiro atoms. The Morgan fingerprint density at radius 2 is 2.06 bits per heavy atom. The molecule has 0 saturated heterocycles. The number of carbonyl (C=O) groups excluding carboxylic acids is 1. The Balaban J connectivity index is 2.56. The van der Waals surface area contributed by atoms with Crippen LogP contribution in [0.2, 0.25) is 0 Å². The molecule has 2 unspecified atom stereocenters. The highest BCUT2D eigenvalue weighted by atomic mass is 79.9. The minimum absolute atomic E-state index is 0.170. The molecule has 0 bridgehead atoms. The first-order valence-corrected chi connectivity index (χ1v) is 8.35. The van der Waals surface area contributed by atoms with E-state index in [4.69, 9.17) is 4.74 Å². The van der Waals surface area contributed by atoms with Gasteiger partial charge in [0, 0.05) is 16.1 Å². The summed E-state index contributed by atoms with van der Waals surface area (Å²) in [6, 6.07) is 0. The minimum atomic E-state index is -0.281. The number of hydrogen-bond acceptors (Lipinski definition) is 3. The van der Waals surface area contributed by atoms with Gasteiger partial charge in [-0.25, -0.2) is 0 Å². The Bertz CT molecular complexity index is 273. The molecule has 0 aromatic carbocycles. The first-order valence-electron chi connectivity index (χ1n) is 6.52. The van der Waals surface area contributed by atoms with E-state index in [9.17, 15) is 9.90 Å². The third-order valence-electron chi connectivity index (χ3n) is 3.87. The number of hydrogen-bond donors (Lipinski definition) is 1. The second-order valence-corrected chi connectivity index (χ2v) is 7.38. The van der Waals surface area contributed by atoms with Crippen LogP contribution < -0.4 is 0 Å². The van der Waals surface area contributed by atoms with Crippen LogP contribution in [0.4, 0.5) is 0 Å². The number of aliphatic hydroxyl groups is 1. The van der Waals surface area contributed by atoms with Crippen molar-refractivity contribution in [2.24, 2.45) is 11.8 Å². The average molecular weight is 386 g/mol. The Morgan fingerprint density at radius 1 is 1.39 bits per heavy atom. The lowest BCUT2D eigenvalue weighted by Crippen LogP contribution is -2.27. The number of alkyl halides is 2. The van der Waals surface area contributed by atoms with E-state index in [1.807, 2.05) is 0 Å². The van der Waals surface area contributed by atoms with Crippen molar-refractivity contribution < 1.29 is 14.6 Å². The van der Waals surface area contributed by atoms with E-state index in [0.717, 1.165) is 25.7 Å². The van der Waals surface area contributed by atoms with Crippen molar-refractivity contribution in [1.82, 2.24) is 0 Å². The van der Waals surface area contributed by atoms with Gasteiger partial charge in [0.15, 0.2) is 0 Å². The van der Waals surface area contributed by atoms with E-state index in [-0.39, 0.29) is 23.9 Å². The van der Waals surface area contributed by atoms with Gasteiger partial charge in [-0.1, -0.05) is 38.8 Å². The van der Waals surface area contributed by atoms with Crippen LogP contribution in [-0.4, -0.2) is 33.9 Å². The predicted molar refractivity (Wildman–Crippen MR) is 79.2 cm³/mol. The van der Waals surface area contributed by atoms with Gasteiger partial charge in [0.25, 0.3) is 0 Å². The maximum Gasteiger partial charge on any atom is 0.305 e. The quantitative estimate of drug-likeness (QED) is 0.563. The maximum absolute atomic E-state index is 11.4. The summed E-state index contributed by atoms with van der Waals surface area (Å²) >= 11 is 7.31. The van der Waals surface area contributed by atoms with Crippen LogP contribution in [0.5, 0.6) is 0 Å². The van der Waals surface area contributed by atoms with Gasteiger partial charge in [-0.3, -0.25) is 4.79 Å². The molecule has 0 aromatic heterocycles. The summed E-state index contributed by atoms with van der Waals surface area (Å²) in [5, 5.41) is 10.1. The summed E-state index contributed by atoms with van der Waals surface area (Å²) in [6.45, 7) is 2.13. The molecule has 0 aliphatic heterocycles. The number of ether oxygens (including phenoxy) is 1. The molecule has 0 amide bonds. The average Bonchev–Trinajstić information content (AvgIpc) is 2.70. The zero-order valence-electron chi connectivity index (χ0n) is 10.9. The third kappa shape index (κ3) is 4.49. The van der Waals surface area contributed by atoms with Crippen molar-refractivity contribution in [3.8, 4) is 0 Å². The number of esters is 1. The highest BCUT2D eigenvalue weighted by Gasteiger charge is 2.38. The fraction of sp³-hybridized carbons (Fsp3) is 0.923. The van der Waals surface area contributed by atoms with Crippen molar-refractivity contribution in [3.05, 3.63) is 0 Å². The SMILES string of the molecule is CCC(Br)C(Br)C[C@@H]1[C@@H](CC(=O)OC)CC[C@@H]1O. The van der Waals surface area contributed by atoms with Crippen molar-refractivity contribution in [2.45, 2.75) is 54.8 Å². The second-order valence-electron chi connectivity index (χ2n) is 5.02. The molecular weight excluding hydrogens is 364 g/mol. The van der Waals surface area contributed by atoms with Crippen molar-refractivity contribution in [1.29, 1.82) is 0 Å². The molecule has 5 atom stereocenters. The number of aliphatic hydroxyl groups excluding tert-OH is 1. The summed E-state index contributed by atoms with van der Waals surface area (Å²) in [5.74, 6) is 0.278. The van der Waals surface area contributed by atoms with E-state index in [2.05, 4.69) is 38.8 Å². The topological polar surface area (TPSA) is 46.5 Å². The molecule has 1 aliphatic carbocycles. The summed E-state index contributed by atoms with van der Waals surface area (Å²) in [7, 11) is 1.42. The van der Waals surface area contributed by atoms with Gasteiger partial charge in [-0.15, -0.1) is 0 Å². The first kappa shape index (κ1) is 16.4. The van der Waals surface area contributed by atoms with Gasteiger partial charge in [0.1, 0.15) is 0 Å². The van der Waals surface area contributed by atoms with E-state index in [1.165, 1.54) is 7.11 Å². The lowest BCUT2D eigenvalue weighted by atomic mass is 9.87. The van der Waals surface area contributed by atoms with Gasteiger partial charge in [0.05, 0.1) is 13.2 Å². The van der Waals surface area contributed by atoms with Crippen molar-refractivity contribution in [3.63, 3.8) is 0 Å². The zero-order chi connectivity index (χ0) is 13.7. The van der Waals surface area contributed by atoms with Crippen LogP contribution in [-0.2, 0) is 9.53 Å². The van der Waals surface area contributed by atoms with Crippen LogP contribution in [0, 0.1) is 11.8 Å². The molecule has 5 heteroatoms. The number of halogens is 2. The lowest BCUT2D eigenvalue weighted by molar-refractivity contribution is -0.142. The van der Waals surface area contributed by atoms with Crippen molar-refractivity contribution in [2.75, 3.05) is 7.11 Å². The van der Waals surface area contributed by atoms with Gasteiger partial charge in [-0.05, 0) is 37.5 Å². The van der Waals surface area contributed by atoms with Gasteiger partial charge in [-0.2, -0.15) is 0 Å². The fourth-order valence-electron chi connectivity index (χ4n) is 2.69. The summed E-state index contributed by atoms with van der Waals surface area (Å²) < 4.78 is 4.73. The van der Waals surface area contributed by atoms with Crippen LogP contribution in [0.3, 0.4) is 0 Å². The molecule has 106 valence electrons. The van der Waals surface area contributed by atoms with E-state index >= 15 is 0 Å². The highest BCUT2D eigenvalue weighted by molar-refractivity contribution is 9.12. The standard InChI is InChI=1S/C13H22Br2O3/c1-3-10(14)11(15)7-9-8(4-5-12(9)16)6-13(17)18-2/h8-12,16H,3-7H2,1-2H3/t8-,9-,10?,11?,12+/m1/s1. The normalized spacial score (nSPS) is 31.1. The summed E-state index contributed by atoms with van der Waals surface area (Å²) in [4.78, 5) is 12.1. The first-order chi connectivity index (χ1) is 8.49. The lowest BCUT2D eigenvalue weighted by Gasteiger charge is -2.25. The molecule has 1 N–H and O–H groups in total. The smallest absolute Gasteiger partial charge is 0.305 e. The Hall–Kier alpha value is 0.390. The molecule has 0 aromatic rings. The van der Waals surface area contributed by atoms with Crippen LogP contribution in [0.1, 0.15) is 39.0 Å². The minimum Gasteiger partial charge on any atom is -0.469 e. The van der Waals surface area contributed by atoms with Crippen LogP contribution in [0.25, 0.3) is 0 Å². The predicted octanol–water partition coefficient (Wildman–Crippen LogP) is 3.26. The van der Waals surface area contributed by atoms with Gasteiger partial charge < -0.3 is 9.84 Å². The van der Waals surface area contributed by atoms with E-state index < -0.39 is 0 Å². The molecule has 18 heavy (non-hydrogen) atoms. The molecule has 0 heterocycles. The summed E-state index contributed by atoms with van der Waals surface area (Å²) in [5.41, 5.74) is 0. The van der Waals surface area contributed by atoms with Crippen LogP contribution >= 0.6 is 31.9 Å². The third-order valence-corrected chi connectivity index (χ3v) is 6.88. The number of rotatable bonds is 6. The highest BCUT2D eigenvalue weighted by Crippen LogP contribution is 2.40. The van der Waals surface area contributed by atoms with Gasteiger partial charge in [0.2, 0.25) is 0 Å². The number of carbonyl (C=O) groups is 1. The Morgan fingerprint density at radius 3 is 2.61 bits per heavy atom. The van der Waals surface area contributed by atoms with E-state index in [0.29, 0.717) is 16.1 Å². The largest absolute Gasteiger partial charge is 0.469 e. The summed E-state index contributed by atoms with van der Waals surface area (Å²) in [6.07, 6.45) is 3.80. The molecule has 1 rings (SSSR count). The molecule has 1 aliphatic rings. The Kier molecular flexibility index (Phi) is 7.17. The maximum atomic E-state index is 11.4. The monoisotopic (exact) mass is 384 g/mol. The molecule has 3 nitrogen and oxygen atoms in total. The number of methoxy groups -OCH3 is 1.